The third kappa shape index (κ3) is 4.21. The molecule has 1 aromatic carbocycles. The Labute approximate surface area is 135 Å². The Hall–Kier alpha value is -0.580. The SMILES string of the molecule is CNCC1CCCN(C(=O)c2ccc(C)cc2Br)C1.Cl. The summed E-state index contributed by atoms with van der Waals surface area (Å²) in [7, 11) is 1.97. The van der Waals surface area contributed by atoms with Crippen LogP contribution in [0.15, 0.2) is 22.7 Å². The second-order valence-corrected chi connectivity index (χ2v) is 6.15. The van der Waals surface area contributed by atoms with E-state index in [1.807, 2.05) is 37.1 Å². The van der Waals surface area contributed by atoms with Crippen LogP contribution in [0.3, 0.4) is 0 Å². The Morgan fingerprint density at radius 1 is 1.50 bits per heavy atom. The van der Waals surface area contributed by atoms with Gasteiger partial charge < -0.3 is 10.2 Å². The summed E-state index contributed by atoms with van der Waals surface area (Å²) in [5.41, 5.74) is 1.94. The van der Waals surface area contributed by atoms with Crippen LogP contribution in [0.2, 0.25) is 0 Å². The highest BCUT2D eigenvalue weighted by molar-refractivity contribution is 9.10. The molecule has 0 aliphatic carbocycles. The van der Waals surface area contributed by atoms with Crippen molar-refractivity contribution in [2.24, 2.45) is 5.92 Å². The molecule has 1 aromatic rings. The summed E-state index contributed by atoms with van der Waals surface area (Å²) in [5, 5.41) is 3.21. The monoisotopic (exact) mass is 360 g/mol. The zero-order valence-electron chi connectivity index (χ0n) is 12.0. The van der Waals surface area contributed by atoms with E-state index in [-0.39, 0.29) is 18.3 Å². The first-order valence-electron chi connectivity index (χ1n) is 6.82. The summed E-state index contributed by atoms with van der Waals surface area (Å²) in [6.07, 6.45) is 2.31. The fraction of sp³-hybridized carbons (Fsp3) is 0.533. The summed E-state index contributed by atoms with van der Waals surface area (Å²) in [5.74, 6) is 0.722. The van der Waals surface area contributed by atoms with Crippen molar-refractivity contribution in [2.75, 3.05) is 26.7 Å². The van der Waals surface area contributed by atoms with Gasteiger partial charge in [0.15, 0.2) is 0 Å². The van der Waals surface area contributed by atoms with Gasteiger partial charge in [-0.05, 0) is 72.9 Å². The van der Waals surface area contributed by atoms with Crippen molar-refractivity contribution in [2.45, 2.75) is 19.8 Å². The van der Waals surface area contributed by atoms with E-state index in [4.69, 9.17) is 0 Å². The van der Waals surface area contributed by atoms with Crippen molar-refractivity contribution in [3.05, 3.63) is 33.8 Å². The molecule has 1 atom stereocenters. The number of hydrogen-bond acceptors (Lipinski definition) is 2. The Bertz CT molecular complexity index is 465. The molecular formula is C15H22BrClN2O. The normalized spacial score (nSPS) is 18.6. The maximum atomic E-state index is 12.6. The topological polar surface area (TPSA) is 32.3 Å². The molecule has 2 rings (SSSR count). The minimum Gasteiger partial charge on any atom is -0.338 e. The lowest BCUT2D eigenvalue weighted by atomic mass is 9.97. The number of piperidine rings is 1. The molecular weight excluding hydrogens is 340 g/mol. The van der Waals surface area contributed by atoms with Crippen LogP contribution in [-0.2, 0) is 0 Å². The van der Waals surface area contributed by atoms with Crippen LogP contribution < -0.4 is 5.32 Å². The molecule has 112 valence electrons. The fourth-order valence-electron chi connectivity index (χ4n) is 2.67. The van der Waals surface area contributed by atoms with Gasteiger partial charge in [0.1, 0.15) is 0 Å². The lowest BCUT2D eigenvalue weighted by Gasteiger charge is -2.33. The van der Waals surface area contributed by atoms with E-state index in [0.717, 1.165) is 41.7 Å². The second kappa shape index (κ2) is 8.01. The number of aryl methyl sites for hydroxylation is 1. The maximum Gasteiger partial charge on any atom is 0.255 e. The molecule has 0 bridgehead atoms. The van der Waals surface area contributed by atoms with Crippen LogP contribution in [0.1, 0.15) is 28.8 Å². The second-order valence-electron chi connectivity index (χ2n) is 5.30. The first-order valence-corrected chi connectivity index (χ1v) is 7.61. The van der Waals surface area contributed by atoms with Crippen molar-refractivity contribution in [3.8, 4) is 0 Å². The molecule has 1 amide bonds. The number of hydrogen-bond donors (Lipinski definition) is 1. The van der Waals surface area contributed by atoms with Crippen molar-refractivity contribution in [3.63, 3.8) is 0 Å². The number of amides is 1. The summed E-state index contributed by atoms with van der Waals surface area (Å²) in [4.78, 5) is 14.5. The highest BCUT2D eigenvalue weighted by Crippen LogP contribution is 2.23. The van der Waals surface area contributed by atoms with Gasteiger partial charge in [-0.2, -0.15) is 0 Å². The average Bonchev–Trinajstić information content (AvgIpc) is 2.39. The summed E-state index contributed by atoms with van der Waals surface area (Å²) >= 11 is 3.50. The van der Waals surface area contributed by atoms with Gasteiger partial charge in [0, 0.05) is 17.6 Å². The lowest BCUT2D eigenvalue weighted by Crippen LogP contribution is -2.42. The lowest BCUT2D eigenvalue weighted by molar-refractivity contribution is 0.0673. The number of benzene rings is 1. The molecule has 0 radical (unpaired) electrons. The number of likely N-dealkylation sites (tertiary alicyclic amines) is 1. The summed E-state index contributed by atoms with van der Waals surface area (Å²) in [6.45, 7) is 4.75. The number of carbonyl (C=O) groups excluding carboxylic acids is 1. The quantitative estimate of drug-likeness (QED) is 0.896. The molecule has 0 saturated carbocycles. The zero-order chi connectivity index (χ0) is 13.8. The maximum absolute atomic E-state index is 12.6. The van der Waals surface area contributed by atoms with Gasteiger partial charge in [-0.3, -0.25) is 4.79 Å². The van der Waals surface area contributed by atoms with Gasteiger partial charge in [0.2, 0.25) is 0 Å². The van der Waals surface area contributed by atoms with Gasteiger partial charge in [-0.25, -0.2) is 0 Å². The third-order valence-corrected chi connectivity index (χ3v) is 4.31. The van der Waals surface area contributed by atoms with Crippen LogP contribution in [0.25, 0.3) is 0 Å². The number of nitrogens with zero attached hydrogens (tertiary/aromatic N) is 1. The van der Waals surface area contributed by atoms with Crippen LogP contribution in [0.4, 0.5) is 0 Å². The van der Waals surface area contributed by atoms with Crippen LogP contribution in [-0.4, -0.2) is 37.5 Å². The molecule has 1 aliphatic heterocycles. The highest BCUT2D eigenvalue weighted by atomic mass is 79.9. The average molecular weight is 362 g/mol. The summed E-state index contributed by atoms with van der Waals surface area (Å²) < 4.78 is 0.897. The first-order chi connectivity index (χ1) is 9.11. The molecule has 0 spiro atoms. The molecule has 1 heterocycles. The van der Waals surface area contributed by atoms with E-state index < -0.39 is 0 Å². The summed E-state index contributed by atoms with van der Waals surface area (Å²) in [6, 6.07) is 5.92. The molecule has 1 fully saturated rings. The smallest absolute Gasteiger partial charge is 0.255 e. The van der Waals surface area contributed by atoms with Gasteiger partial charge >= 0.3 is 0 Å². The minimum atomic E-state index is 0. The van der Waals surface area contributed by atoms with Crippen LogP contribution >= 0.6 is 28.3 Å². The Balaban J connectivity index is 0.00000200. The van der Waals surface area contributed by atoms with E-state index in [0.29, 0.717) is 5.92 Å². The Morgan fingerprint density at radius 3 is 2.90 bits per heavy atom. The van der Waals surface area contributed by atoms with Gasteiger partial charge in [-0.1, -0.05) is 6.07 Å². The van der Waals surface area contributed by atoms with Gasteiger partial charge in [0.05, 0.1) is 5.56 Å². The van der Waals surface area contributed by atoms with Crippen molar-refractivity contribution >= 4 is 34.2 Å². The molecule has 5 heteroatoms. The fourth-order valence-corrected chi connectivity index (χ4v) is 3.33. The van der Waals surface area contributed by atoms with Crippen LogP contribution in [0, 0.1) is 12.8 Å². The van der Waals surface area contributed by atoms with Gasteiger partial charge in [-0.15, -0.1) is 12.4 Å². The van der Waals surface area contributed by atoms with Crippen molar-refractivity contribution in [1.29, 1.82) is 0 Å². The zero-order valence-corrected chi connectivity index (χ0v) is 14.4. The number of rotatable bonds is 3. The molecule has 1 unspecified atom stereocenters. The number of halogens is 2. The molecule has 0 aromatic heterocycles. The first kappa shape index (κ1) is 17.5. The third-order valence-electron chi connectivity index (χ3n) is 3.65. The number of nitrogens with one attached hydrogen (secondary N) is 1. The highest BCUT2D eigenvalue weighted by Gasteiger charge is 2.25. The Kier molecular flexibility index (Phi) is 7.00. The van der Waals surface area contributed by atoms with Gasteiger partial charge in [0.25, 0.3) is 5.91 Å². The predicted molar refractivity (Wildman–Crippen MR) is 88.7 cm³/mol. The largest absolute Gasteiger partial charge is 0.338 e. The van der Waals surface area contributed by atoms with Crippen molar-refractivity contribution in [1.82, 2.24) is 10.2 Å². The molecule has 3 nitrogen and oxygen atoms in total. The van der Waals surface area contributed by atoms with E-state index in [1.165, 1.54) is 6.42 Å². The molecule has 1 saturated heterocycles. The van der Waals surface area contributed by atoms with Crippen molar-refractivity contribution < 1.29 is 4.79 Å². The number of carbonyl (C=O) groups is 1. The minimum absolute atomic E-state index is 0. The molecule has 20 heavy (non-hydrogen) atoms. The van der Waals surface area contributed by atoms with E-state index in [2.05, 4.69) is 21.2 Å². The molecule has 1 aliphatic rings. The molecule has 1 N–H and O–H groups in total. The standard InChI is InChI=1S/C15H21BrN2O.ClH/c1-11-5-6-13(14(16)8-11)15(19)18-7-3-4-12(10-18)9-17-2;/h5-6,8,12,17H,3-4,7,9-10H2,1-2H3;1H. The van der Waals surface area contributed by atoms with E-state index in [1.54, 1.807) is 0 Å². The Morgan fingerprint density at radius 2 is 2.25 bits per heavy atom. The predicted octanol–water partition coefficient (Wildman–Crippen LogP) is 3.25. The van der Waals surface area contributed by atoms with E-state index >= 15 is 0 Å². The van der Waals surface area contributed by atoms with Crippen LogP contribution in [0.5, 0.6) is 0 Å². The van der Waals surface area contributed by atoms with E-state index in [9.17, 15) is 4.79 Å².